The van der Waals surface area contributed by atoms with E-state index in [9.17, 15) is 4.39 Å². The Morgan fingerprint density at radius 1 is 1.58 bits per heavy atom. The van der Waals surface area contributed by atoms with Gasteiger partial charge in [-0.15, -0.1) is 0 Å². The minimum absolute atomic E-state index is 0.217. The minimum atomic E-state index is -0.217. The fourth-order valence-electron chi connectivity index (χ4n) is 1.08. The summed E-state index contributed by atoms with van der Waals surface area (Å²) in [5.74, 6) is -0.217. The third-order valence-corrected chi connectivity index (χ3v) is 1.97. The molecule has 1 N–H and O–H groups in total. The summed E-state index contributed by atoms with van der Waals surface area (Å²) >= 11 is 0. The van der Waals surface area contributed by atoms with E-state index in [-0.39, 0.29) is 5.82 Å². The van der Waals surface area contributed by atoms with Crippen LogP contribution in [0.15, 0.2) is 18.3 Å². The lowest BCUT2D eigenvalue weighted by Gasteiger charge is -2.01. The Bertz CT molecular complexity index is 271. The van der Waals surface area contributed by atoms with Crippen molar-refractivity contribution in [2.45, 2.75) is 25.4 Å². The SMILES string of the molecule is Fc1cccnc1CNC1CC1. The lowest BCUT2D eigenvalue weighted by atomic mass is 10.3. The summed E-state index contributed by atoms with van der Waals surface area (Å²) in [7, 11) is 0. The van der Waals surface area contributed by atoms with Gasteiger partial charge in [0.1, 0.15) is 5.82 Å². The molecule has 2 nitrogen and oxygen atoms in total. The fraction of sp³-hybridized carbons (Fsp3) is 0.444. The number of hydrogen-bond acceptors (Lipinski definition) is 2. The first-order valence-corrected chi connectivity index (χ1v) is 4.19. The van der Waals surface area contributed by atoms with E-state index in [0.717, 1.165) is 0 Å². The van der Waals surface area contributed by atoms with Crippen LogP contribution in [0.2, 0.25) is 0 Å². The predicted molar refractivity (Wildman–Crippen MR) is 44.1 cm³/mol. The molecule has 12 heavy (non-hydrogen) atoms. The van der Waals surface area contributed by atoms with Gasteiger partial charge < -0.3 is 5.32 Å². The first kappa shape index (κ1) is 7.68. The molecule has 0 radical (unpaired) electrons. The molecule has 0 spiro atoms. The topological polar surface area (TPSA) is 24.9 Å². The zero-order valence-electron chi connectivity index (χ0n) is 6.76. The average molecular weight is 166 g/mol. The summed E-state index contributed by atoms with van der Waals surface area (Å²) in [6.45, 7) is 0.553. The van der Waals surface area contributed by atoms with Gasteiger partial charge in [-0.2, -0.15) is 0 Å². The van der Waals surface area contributed by atoms with Crippen LogP contribution in [0.4, 0.5) is 4.39 Å². The van der Waals surface area contributed by atoms with Crippen molar-refractivity contribution in [3.05, 3.63) is 29.8 Å². The van der Waals surface area contributed by atoms with Crippen molar-refractivity contribution in [2.24, 2.45) is 0 Å². The van der Waals surface area contributed by atoms with E-state index in [2.05, 4.69) is 10.3 Å². The van der Waals surface area contributed by atoms with E-state index >= 15 is 0 Å². The molecule has 64 valence electrons. The molecule has 0 aromatic carbocycles. The van der Waals surface area contributed by atoms with E-state index in [0.29, 0.717) is 18.3 Å². The zero-order valence-corrected chi connectivity index (χ0v) is 6.76. The summed E-state index contributed by atoms with van der Waals surface area (Å²) in [6.07, 6.45) is 4.05. The van der Waals surface area contributed by atoms with E-state index in [1.54, 1.807) is 12.3 Å². The van der Waals surface area contributed by atoms with Crippen molar-refractivity contribution in [3.8, 4) is 0 Å². The van der Waals surface area contributed by atoms with Crippen molar-refractivity contribution in [1.29, 1.82) is 0 Å². The molecule has 1 aromatic rings. The quantitative estimate of drug-likeness (QED) is 0.735. The average Bonchev–Trinajstić information content (AvgIpc) is 2.86. The van der Waals surface area contributed by atoms with Crippen molar-refractivity contribution in [1.82, 2.24) is 10.3 Å². The third kappa shape index (κ3) is 1.80. The summed E-state index contributed by atoms with van der Waals surface area (Å²) in [5.41, 5.74) is 0.518. The standard InChI is InChI=1S/C9H11FN2/c10-8-2-1-5-11-9(8)6-12-7-3-4-7/h1-2,5,7,12H,3-4,6H2. The highest BCUT2D eigenvalue weighted by atomic mass is 19.1. The lowest BCUT2D eigenvalue weighted by Crippen LogP contribution is -2.17. The zero-order chi connectivity index (χ0) is 8.39. The van der Waals surface area contributed by atoms with Gasteiger partial charge in [-0.3, -0.25) is 4.98 Å². The molecular formula is C9H11FN2. The Morgan fingerprint density at radius 2 is 2.42 bits per heavy atom. The van der Waals surface area contributed by atoms with Gasteiger partial charge in [0.15, 0.2) is 0 Å². The largest absolute Gasteiger partial charge is 0.308 e. The second kappa shape index (κ2) is 3.19. The normalized spacial score (nSPS) is 16.4. The second-order valence-corrected chi connectivity index (χ2v) is 3.09. The van der Waals surface area contributed by atoms with Crippen molar-refractivity contribution < 1.29 is 4.39 Å². The molecule has 1 aliphatic rings. The Morgan fingerprint density at radius 3 is 3.08 bits per heavy atom. The molecule has 3 heteroatoms. The molecule has 0 bridgehead atoms. The summed E-state index contributed by atoms with van der Waals surface area (Å²) in [6, 6.07) is 3.65. The number of halogens is 1. The molecule has 1 saturated carbocycles. The summed E-state index contributed by atoms with van der Waals surface area (Å²) in [5, 5.41) is 3.21. The van der Waals surface area contributed by atoms with Crippen molar-refractivity contribution in [3.63, 3.8) is 0 Å². The Kier molecular flexibility index (Phi) is 2.04. The Hall–Kier alpha value is -0.960. The molecule has 0 aliphatic heterocycles. The Labute approximate surface area is 70.8 Å². The summed E-state index contributed by atoms with van der Waals surface area (Å²) in [4.78, 5) is 3.94. The molecule has 1 heterocycles. The maximum atomic E-state index is 13.0. The van der Waals surface area contributed by atoms with Crippen LogP contribution in [-0.2, 0) is 6.54 Å². The molecule has 0 saturated heterocycles. The minimum Gasteiger partial charge on any atom is -0.308 e. The highest BCUT2D eigenvalue weighted by molar-refractivity contribution is 5.07. The number of nitrogens with one attached hydrogen (secondary N) is 1. The molecule has 1 aliphatic carbocycles. The van der Waals surface area contributed by atoms with Crippen LogP contribution in [0.5, 0.6) is 0 Å². The van der Waals surface area contributed by atoms with Crippen LogP contribution in [0.25, 0.3) is 0 Å². The summed E-state index contributed by atoms with van der Waals surface area (Å²) < 4.78 is 13.0. The highest BCUT2D eigenvalue weighted by Crippen LogP contribution is 2.19. The third-order valence-electron chi connectivity index (χ3n) is 1.97. The molecule has 0 unspecified atom stereocenters. The first-order valence-electron chi connectivity index (χ1n) is 4.19. The lowest BCUT2D eigenvalue weighted by molar-refractivity contribution is 0.573. The molecule has 1 fully saturated rings. The van der Waals surface area contributed by atoms with Crippen LogP contribution in [0.1, 0.15) is 18.5 Å². The first-order chi connectivity index (χ1) is 5.86. The number of rotatable bonds is 3. The van der Waals surface area contributed by atoms with E-state index in [1.165, 1.54) is 18.9 Å². The fourth-order valence-corrected chi connectivity index (χ4v) is 1.08. The van der Waals surface area contributed by atoms with Gasteiger partial charge in [0.05, 0.1) is 5.69 Å². The van der Waals surface area contributed by atoms with Gasteiger partial charge in [-0.25, -0.2) is 4.39 Å². The molecular weight excluding hydrogens is 155 g/mol. The van der Waals surface area contributed by atoms with E-state index in [4.69, 9.17) is 0 Å². The second-order valence-electron chi connectivity index (χ2n) is 3.09. The maximum Gasteiger partial charge on any atom is 0.146 e. The molecule has 1 aromatic heterocycles. The number of aromatic nitrogens is 1. The smallest absolute Gasteiger partial charge is 0.146 e. The van der Waals surface area contributed by atoms with Crippen LogP contribution in [0.3, 0.4) is 0 Å². The van der Waals surface area contributed by atoms with Crippen LogP contribution in [0, 0.1) is 5.82 Å². The van der Waals surface area contributed by atoms with Gasteiger partial charge >= 0.3 is 0 Å². The van der Waals surface area contributed by atoms with Gasteiger partial charge in [0.2, 0.25) is 0 Å². The number of pyridine rings is 1. The van der Waals surface area contributed by atoms with Crippen LogP contribution < -0.4 is 5.32 Å². The Balaban J connectivity index is 1.96. The molecule has 0 atom stereocenters. The maximum absolute atomic E-state index is 13.0. The van der Waals surface area contributed by atoms with Gasteiger partial charge in [-0.05, 0) is 25.0 Å². The van der Waals surface area contributed by atoms with Crippen LogP contribution in [-0.4, -0.2) is 11.0 Å². The monoisotopic (exact) mass is 166 g/mol. The van der Waals surface area contributed by atoms with Crippen molar-refractivity contribution in [2.75, 3.05) is 0 Å². The molecule has 0 amide bonds. The van der Waals surface area contributed by atoms with E-state index in [1.807, 2.05) is 0 Å². The van der Waals surface area contributed by atoms with Crippen LogP contribution >= 0.6 is 0 Å². The predicted octanol–water partition coefficient (Wildman–Crippen LogP) is 1.47. The van der Waals surface area contributed by atoms with Gasteiger partial charge in [0.25, 0.3) is 0 Å². The molecule has 2 rings (SSSR count). The van der Waals surface area contributed by atoms with Gasteiger partial charge in [0, 0.05) is 18.8 Å². The number of hydrogen-bond donors (Lipinski definition) is 1. The van der Waals surface area contributed by atoms with Gasteiger partial charge in [-0.1, -0.05) is 0 Å². The van der Waals surface area contributed by atoms with E-state index < -0.39 is 0 Å². The number of nitrogens with zero attached hydrogens (tertiary/aromatic N) is 1. The van der Waals surface area contributed by atoms with Crippen molar-refractivity contribution >= 4 is 0 Å². The highest BCUT2D eigenvalue weighted by Gasteiger charge is 2.20.